The minimum absolute atomic E-state index is 0.0637. The summed E-state index contributed by atoms with van der Waals surface area (Å²) in [7, 11) is 0. The Bertz CT molecular complexity index is 1060. The first kappa shape index (κ1) is 17.0. The summed E-state index contributed by atoms with van der Waals surface area (Å²) in [6, 6.07) is 12.1. The number of hydrogen-bond acceptors (Lipinski definition) is 4. The Labute approximate surface area is 155 Å². The van der Waals surface area contributed by atoms with Crippen LogP contribution >= 0.6 is 0 Å². The molecule has 1 amide bonds. The first-order valence-electron chi connectivity index (χ1n) is 8.75. The van der Waals surface area contributed by atoms with Gasteiger partial charge in [-0.25, -0.2) is 4.98 Å². The van der Waals surface area contributed by atoms with Crippen LogP contribution in [0, 0.1) is 17.0 Å². The molecular formula is C20H18N4O3. The number of carbonyl (C=O) groups excluding carboxylic acids is 1. The van der Waals surface area contributed by atoms with Crippen LogP contribution in [0.1, 0.15) is 28.2 Å². The van der Waals surface area contributed by atoms with Crippen LogP contribution in [0.3, 0.4) is 0 Å². The third-order valence-corrected chi connectivity index (χ3v) is 4.88. The van der Waals surface area contributed by atoms with Gasteiger partial charge in [0, 0.05) is 41.4 Å². The Kier molecular flexibility index (Phi) is 4.19. The van der Waals surface area contributed by atoms with Crippen LogP contribution in [0.4, 0.5) is 11.4 Å². The second-order valence-corrected chi connectivity index (χ2v) is 6.56. The van der Waals surface area contributed by atoms with E-state index in [2.05, 4.69) is 14.9 Å². The first-order valence-corrected chi connectivity index (χ1v) is 8.75. The first-order chi connectivity index (χ1) is 13.0. The Balaban J connectivity index is 1.61. The van der Waals surface area contributed by atoms with Gasteiger partial charge >= 0.3 is 0 Å². The van der Waals surface area contributed by atoms with Crippen molar-refractivity contribution < 1.29 is 9.72 Å². The maximum Gasteiger partial charge on any atom is 0.273 e. The van der Waals surface area contributed by atoms with Crippen LogP contribution in [-0.4, -0.2) is 20.4 Å². The van der Waals surface area contributed by atoms with Crippen LogP contribution in [0.5, 0.6) is 0 Å². The molecule has 0 spiro atoms. The molecule has 7 heteroatoms. The van der Waals surface area contributed by atoms with Gasteiger partial charge in [0.2, 0.25) is 0 Å². The van der Waals surface area contributed by atoms with E-state index in [1.54, 1.807) is 19.1 Å². The molecule has 2 heterocycles. The van der Waals surface area contributed by atoms with Gasteiger partial charge < -0.3 is 9.88 Å². The maximum atomic E-state index is 12.6. The molecule has 0 atom stereocenters. The lowest BCUT2D eigenvalue weighted by Crippen LogP contribution is -2.14. The van der Waals surface area contributed by atoms with Gasteiger partial charge in [0.1, 0.15) is 5.82 Å². The minimum Gasteiger partial charge on any atom is -0.328 e. The molecule has 0 radical (unpaired) electrons. The summed E-state index contributed by atoms with van der Waals surface area (Å²) in [5.74, 6) is 0.721. The Morgan fingerprint density at radius 2 is 2.07 bits per heavy atom. The number of imidazole rings is 1. The summed E-state index contributed by atoms with van der Waals surface area (Å²) in [5, 5.41) is 13.9. The summed E-state index contributed by atoms with van der Waals surface area (Å²) >= 11 is 0. The number of nitrogens with one attached hydrogen (secondary N) is 1. The molecule has 3 aromatic rings. The molecule has 0 bridgehead atoms. The summed E-state index contributed by atoms with van der Waals surface area (Å²) in [4.78, 5) is 27.7. The standard InChI is InChI=1S/C20H18N4O3/c1-13-16(7-3-8-17(13)24(26)27)20(25)22-15-6-2-5-14(11-15)18-12-21-19-9-4-10-23(18)19/h2-3,5-8,11-12H,4,9-10H2,1H3,(H,22,25). The van der Waals surface area contributed by atoms with Crippen molar-refractivity contribution in [3.8, 4) is 11.3 Å². The lowest BCUT2D eigenvalue weighted by molar-refractivity contribution is -0.385. The predicted octanol–water partition coefficient (Wildman–Crippen LogP) is 3.97. The second-order valence-electron chi connectivity index (χ2n) is 6.56. The molecule has 136 valence electrons. The SMILES string of the molecule is Cc1c(C(=O)Nc2cccc(-c3cnc4n3CCC4)c2)cccc1[N+](=O)[O-]. The topological polar surface area (TPSA) is 90.1 Å². The number of aromatic nitrogens is 2. The predicted molar refractivity (Wildman–Crippen MR) is 102 cm³/mol. The Morgan fingerprint density at radius 3 is 2.89 bits per heavy atom. The van der Waals surface area contributed by atoms with Gasteiger partial charge in [-0.05, 0) is 31.5 Å². The molecule has 27 heavy (non-hydrogen) atoms. The molecule has 2 aromatic carbocycles. The fourth-order valence-electron chi connectivity index (χ4n) is 3.51. The van der Waals surface area contributed by atoms with Gasteiger partial charge in [-0.2, -0.15) is 0 Å². The summed E-state index contributed by atoms with van der Waals surface area (Å²) in [6.45, 7) is 2.53. The zero-order chi connectivity index (χ0) is 19.0. The average Bonchev–Trinajstić information content (AvgIpc) is 3.25. The van der Waals surface area contributed by atoms with Crippen LogP contribution in [0.2, 0.25) is 0 Å². The van der Waals surface area contributed by atoms with Crippen molar-refractivity contribution in [3.63, 3.8) is 0 Å². The third-order valence-electron chi connectivity index (χ3n) is 4.88. The highest BCUT2D eigenvalue weighted by atomic mass is 16.6. The minimum atomic E-state index is -0.479. The van der Waals surface area contributed by atoms with Crippen LogP contribution < -0.4 is 5.32 Å². The Morgan fingerprint density at radius 1 is 1.26 bits per heavy atom. The number of amides is 1. The van der Waals surface area contributed by atoms with E-state index in [-0.39, 0.29) is 11.6 Å². The largest absolute Gasteiger partial charge is 0.328 e. The maximum absolute atomic E-state index is 12.6. The highest BCUT2D eigenvalue weighted by molar-refractivity contribution is 6.06. The quantitative estimate of drug-likeness (QED) is 0.562. The molecule has 7 nitrogen and oxygen atoms in total. The van der Waals surface area contributed by atoms with Gasteiger partial charge in [-0.3, -0.25) is 14.9 Å². The van der Waals surface area contributed by atoms with Crippen molar-refractivity contribution in [1.29, 1.82) is 0 Å². The van der Waals surface area contributed by atoms with Crippen molar-refractivity contribution in [2.75, 3.05) is 5.32 Å². The fourth-order valence-corrected chi connectivity index (χ4v) is 3.51. The van der Waals surface area contributed by atoms with E-state index >= 15 is 0 Å². The number of nitro benzene ring substituents is 1. The molecule has 1 aromatic heterocycles. The molecule has 0 saturated carbocycles. The molecular weight excluding hydrogens is 344 g/mol. The van der Waals surface area contributed by atoms with Gasteiger partial charge in [-0.15, -0.1) is 0 Å². The number of fused-ring (bicyclic) bond motifs is 1. The molecule has 1 aliphatic rings. The molecule has 0 saturated heterocycles. The average molecular weight is 362 g/mol. The van der Waals surface area contributed by atoms with Crippen LogP contribution in [0.15, 0.2) is 48.7 Å². The van der Waals surface area contributed by atoms with Crippen LogP contribution in [0.25, 0.3) is 11.3 Å². The third kappa shape index (κ3) is 3.08. The van der Waals surface area contributed by atoms with E-state index in [0.29, 0.717) is 16.8 Å². The molecule has 0 aliphatic carbocycles. The number of benzene rings is 2. The number of anilines is 1. The van der Waals surface area contributed by atoms with E-state index in [0.717, 1.165) is 36.5 Å². The Hall–Kier alpha value is -3.48. The number of aryl methyl sites for hydroxylation is 1. The lowest BCUT2D eigenvalue weighted by Gasteiger charge is -2.10. The van der Waals surface area contributed by atoms with Crippen molar-refractivity contribution in [2.45, 2.75) is 26.3 Å². The number of nitro groups is 1. The molecule has 1 aliphatic heterocycles. The van der Waals surface area contributed by atoms with E-state index in [1.165, 1.54) is 12.1 Å². The van der Waals surface area contributed by atoms with Crippen molar-refractivity contribution in [2.24, 2.45) is 0 Å². The van der Waals surface area contributed by atoms with Gasteiger partial charge in [0.25, 0.3) is 11.6 Å². The number of rotatable bonds is 4. The fraction of sp³-hybridized carbons (Fsp3) is 0.200. The summed E-state index contributed by atoms with van der Waals surface area (Å²) in [6.07, 6.45) is 3.95. The molecule has 4 rings (SSSR count). The zero-order valence-corrected chi connectivity index (χ0v) is 14.8. The van der Waals surface area contributed by atoms with Gasteiger partial charge in [0.05, 0.1) is 16.8 Å². The number of hydrogen-bond donors (Lipinski definition) is 1. The molecule has 0 fully saturated rings. The van der Waals surface area contributed by atoms with Crippen molar-refractivity contribution in [1.82, 2.24) is 9.55 Å². The highest BCUT2D eigenvalue weighted by Gasteiger charge is 2.19. The van der Waals surface area contributed by atoms with Gasteiger partial charge in [0.15, 0.2) is 0 Å². The lowest BCUT2D eigenvalue weighted by atomic mass is 10.1. The monoisotopic (exact) mass is 362 g/mol. The van der Waals surface area contributed by atoms with Crippen LogP contribution in [-0.2, 0) is 13.0 Å². The van der Waals surface area contributed by atoms with Gasteiger partial charge in [-0.1, -0.05) is 18.2 Å². The normalized spacial score (nSPS) is 12.6. The van der Waals surface area contributed by atoms with Crippen molar-refractivity contribution in [3.05, 3.63) is 75.7 Å². The number of nitrogens with zero attached hydrogens (tertiary/aromatic N) is 3. The zero-order valence-electron chi connectivity index (χ0n) is 14.8. The second kappa shape index (κ2) is 6.68. The van der Waals surface area contributed by atoms with E-state index < -0.39 is 4.92 Å². The molecule has 0 unspecified atom stereocenters. The smallest absolute Gasteiger partial charge is 0.273 e. The van der Waals surface area contributed by atoms with Crippen molar-refractivity contribution >= 4 is 17.3 Å². The summed E-state index contributed by atoms with van der Waals surface area (Å²) in [5.41, 5.74) is 3.22. The van der Waals surface area contributed by atoms with E-state index in [9.17, 15) is 14.9 Å². The summed E-state index contributed by atoms with van der Waals surface area (Å²) < 4.78 is 2.20. The molecule has 1 N–H and O–H groups in total. The van der Waals surface area contributed by atoms with E-state index in [1.807, 2.05) is 24.4 Å². The van der Waals surface area contributed by atoms with E-state index in [4.69, 9.17) is 0 Å². The number of carbonyl (C=O) groups is 1. The highest BCUT2D eigenvalue weighted by Crippen LogP contribution is 2.28.